The van der Waals surface area contributed by atoms with Gasteiger partial charge in [-0.2, -0.15) is 0 Å². The number of pyridine rings is 1. The molecular formula is C8H10N2O4. The molecule has 1 aromatic heterocycles. The molecule has 0 aliphatic carbocycles. The number of nitrogens with two attached hydrogens (primary N) is 1. The second kappa shape index (κ2) is 3.41. The number of hydrogen-bond acceptors (Lipinski definition) is 4. The lowest BCUT2D eigenvalue weighted by Gasteiger charge is -2.06. The van der Waals surface area contributed by atoms with Crippen LogP contribution in [-0.4, -0.2) is 21.1 Å². The lowest BCUT2D eigenvalue weighted by molar-refractivity contribution is 0.0996. The fourth-order valence-corrected chi connectivity index (χ4v) is 1.18. The van der Waals surface area contributed by atoms with Gasteiger partial charge in [-0.3, -0.25) is 14.6 Å². The van der Waals surface area contributed by atoms with E-state index in [0.717, 1.165) is 0 Å². The minimum atomic E-state index is -1.03. The smallest absolute Gasteiger partial charge is 0.267 e. The maximum atomic E-state index is 11.1. The lowest BCUT2D eigenvalue weighted by Crippen LogP contribution is -2.24. The van der Waals surface area contributed by atoms with Crippen LogP contribution in [-0.2, 0) is 6.42 Å². The first-order chi connectivity index (χ1) is 6.49. The number of aromatic amines is 1. The second-order valence-electron chi connectivity index (χ2n) is 2.72. The van der Waals surface area contributed by atoms with Gasteiger partial charge >= 0.3 is 0 Å². The molecule has 0 radical (unpaired) electrons. The number of hydrogen-bond donors (Lipinski definition) is 4. The maximum absolute atomic E-state index is 11.1. The van der Waals surface area contributed by atoms with Gasteiger partial charge in [0.15, 0.2) is 5.88 Å². The third-order valence-corrected chi connectivity index (χ3v) is 1.87. The predicted octanol–water partition coefficient (Wildman–Crippen LogP) is -0.553. The molecule has 0 aromatic carbocycles. The Morgan fingerprint density at radius 3 is 2.50 bits per heavy atom. The Bertz CT molecular complexity index is 436. The SMILES string of the molecule is CCc1c(O)[nH]c(=O)c(C(N)=O)c1O. The monoisotopic (exact) mass is 198 g/mol. The normalized spacial score (nSPS) is 10.1. The van der Waals surface area contributed by atoms with Crippen molar-refractivity contribution in [3.05, 3.63) is 21.5 Å². The highest BCUT2D eigenvalue weighted by Crippen LogP contribution is 2.25. The molecule has 0 spiro atoms. The number of carbonyl (C=O) groups is 1. The summed E-state index contributed by atoms with van der Waals surface area (Å²) < 4.78 is 0. The van der Waals surface area contributed by atoms with Crippen LogP contribution in [0.4, 0.5) is 0 Å². The van der Waals surface area contributed by atoms with Crippen molar-refractivity contribution in [2.24, 2.45) is 5.73 Å². The fourth-order valence-electron chi connectivity index (χ4n) is 1.18. The first-order valence-electron chi connectivity index (χ1n) is 3.95. The van der Waals surface area contributed by atoms with Crippen molar-refractivity contribution in [1.82, 2.24) is 4.98 Å². The molecule has 6 heteroatoms. The average molecular weight is 198 g/mol. The van der Waals surface area contributed by atoms with Gasteiger partial charge in [-0.15, -0.1) is 0 Å². The number of nitrogens with one attached hydrogen (secondary N) is 1. The Morgan fingerprint density at radius 1 is 1.50 bits per heavy atom. The van der Waals surface area contributed by atoms with E-state index in [1.807, 2.05) is 4.98 Å². The van der Waals surface area contributed by atoms with E-state index in [0.29, 0.717) is 0 Å². The summed E-state index contributed by atoms with van der Waals surface area (Å²) in [7, 11) is 0. The minimum absolute atomic E-state index is 0.0957. The van der Waals surface area contributed by atoms with Gasteiger partial charge in [0, 0.05) is 0 Å². The number of amides is 1. The van der Waals surface area contributed by atoms with Gasteiger partial charge in [-0.05, 0) is 6.42 Å². The Kier molecular flexibility index (Phi) is 2.46. The molecular weight excluding hydrogens is 188 g/mol. The van der Waals surface area contributed by atoms with Crippen molar-refractivity contribution in [2.45, 2.75) is 13.3 Å². The summed E-state index contributed by atoms with van der Waals surface area (Å²) in [5, 5.41) is 18.7. The molecule has 5 N–H and O–H groups in total. The summed E-state index contributed by atoms with van der Waals surface area (Å²) in [6.07, 6.45) is 0.273. The van der Waals surface area contributed by atoms with E-state index in [-0.39, 0.29) is 12.0 Å². The number of rotatable bonds is 2. The van der Waals surface area contributed by atoms with Crippen molar-refractivity contribution in [3.8, 4) is 11.6 Å². The molecule has 1 heterocycles. The molecule has 0 fully saturated rings. The molecule has 1 rings (SSSR count). The largest absolute Gasteiger partial charge is 0.506 e. The molecule has 1 aromatic rings. The number of primary amides is 1. The van der Waals surface area contributed by atoms with Crippen molar-refractivity contribution in [2.75, 3.05) is 0 Å². The Labute approximate surface area is 79.0 Å². The molecule has 0 unspecified atom stereocenters. The quantitative estimate of drug-likeness (QED) is 0.510. The van der Waals surface area contributed by atoms with Crippen LogP contribution in [0.2, 0.25) is 0 Å². The molecule has 0 bridgehead atoms. The van der Waals surface area contributed by atoms with Crippen LogP contribution in [0, 0.1) is 0 Å². The van der Waals surface area contributed by atoms with Crippen molar-refractivity contribution in [3.63, 3.8) is 0 Å². The van der Waals surface area contributed by atoms with Gasteiger partial charge in [-0.1, -0.05) is 6.92 Å². The highest BCUT2D eigenvalue weighted by atomic mass is 16.3. The zero-order chi connectivity index (χ0) is 10.9. The highest BCUT2D eigenvalue weighted by molar-refractivity contribution is 5.95. The van der Waals surface area contributed by atoms with Crippen molar-refractivity contribution < 1.29 is 15.0 Å². The maximum Gasteiger partial charge on any atom is 0.267 e. The van der Waals surface area contributed by atoms with Gasteiger partial charge in [0.2, 0.25) is 0 Å². The van der Waals surface area contributed by atoms with Crippen molar-refractivity contribution in [1.29, 1.82) is 0 Å². The third-order valence-electron chi connectivity index (χ3n) is 1.87. The topological polar surface area (TPSA) is 116 Å². The summed E-state index contributed by atoms with van der Waals surface area (Å²) >= 11 is 0. The highest BCUT2D eigenvalue weighted by Gasteiger charge is 2.19. The number of carbonyl (C=O) groups excluding carboxylic acids is 1. The number of aromatic hydroxyl groups is 2. The van der Waals surface area contributed by atoms with Crippen LogP contribution in [0.15, 0.2) is 4.79 Å². The molecule has 0 saturated heterocycles. The van der Waals surface area contributed by atoms with Crippen molar-refractivity contribution >= 4 is 5.91 Å². The van der Waals surface area contributed by atoms with Gasteiger partial charge < -0.3 is 15.9 Å². The van der Waals surface area contributed by atoms with E-state index in [2.05, 4.69) is 0 Å². The van der Waals surface area contributed by atoms with Crippen LogP contribution >= 0.6 is 0 Å². The lowest BCUT2D eigenvalue weighted by atomic mass is 10.1. The number of H-pyrrole nitrogens is 1. The molecule has 14 heavy (non-hydrogen) atoms. The van der Waals surface area contributed by atoms with Crippen LogP contribution in [0.1, 0.15) is 22.8 Å². The van der Waals surface area contributed by atoms with Crippen LogP contribution in [0.25, 0.3) is 0 Å². The summed E-state index contributed by atoms with van der Waals surface area (Å²) in [6.45, 7) is 1.65. The zero-order valence-corrected chi connectivity index (χ0v) is 7.50. The summed E-state index contributed by atoms with van der Waals surface area (Å²) in [4.78, 5) is 23.9. The zero-order valence-electron chi connectivity index (χ0n) is 7.50. The van der Waals surface area contributed by atoms with E-state index in [9.17, 15) is 19.8 Å². The molecule has 1 amide bonds. The molecule has 0 aliphatic heterocycles. The van der Waals surface area contributed by atoms with Crippen LogP contribution < -0.4 is 11.3 Å². The van der Waals surface area contributed by atoms with E-state index in [1.165, 1.54) is 0 Å². The minimum Gasteiger partial charge on any atom is -0.506 e. The first-order valence-corrected chi connectivity index (χ1v) is 3.95. The Morgan fingerprint density at radius 2 is 2.07 bits per heavy atom. The summed E-state index contributed by atoms with van der Waals surface area (Å²) in [6, 6.07) is 0. The van der Waals surface area contributed by atoms with Crippen LogP contribution in [0.3, 0.4) is 0 Å². The van der Waals surface area contributed by atoms with Gasteiger partial charge in [0.25, 0.3) is 11.5 Å². The second-order valence-corrected chi connectivity index (χ2v) is 2.72. The fraction of sp³-hybridized carbons (Fsp3) is 0.250. The molecule has 0 atom stereocenters. The Balaban J connectivity index is 3.60. The number of aromatic nitrogens is 1. The average Bonchev–Trinajstić information content (AvgIpc) is 2.02. The van der Waals surface area contributed by atoms with E-state index < -0.39 is 28.7 Å². The predicted molar refractivity (Wildman–Crippen MR) is 48.3 cm³/mol. The van der Waals surface area contributed by atoms with Crippen LogP contribution in [0.5, 0.6) is 11.6 Å². The van der Waals surface area contributed by atoms with E-state index in [1.54, 1.807) is 6.92 Å². The summed E-state index contributed by atoms with van der Waals surface area (Å²) in [5.74, 6) is -2.03. The van der Waals surface area contributed by atoms with E-state index in [4.69, 9.17) is 5.73 Å². The first kappa shape index (κ1) is 10.1. The van der Waals surface area contributed by atoms with E-state index >= 15 is 0 Å². The van der Waals surface area contributed by atoms with Gasteiger partial charge in [0.05, 0.1) is 5.56 Å². The van der Waals surface area contributed by atoms with Gasteiger partial charge in [-0.25, -0.2) is 0 Å². The Hall–Kier alpha value is -1.98. The molecule has 76 valence electrons. The third kappa shape index (κ3) is 1.41. The van der Waals surface area contributed by atoms with Gasteiger partial charge in [0.1, 0.15) is 11.3 Å². The molecule has 6 nitrogen and oxygen atoms in total. The summed E-state index contributed by atoms with van der Waals surface area (Å²) in [5.41, 5.74) is 3.56. The molecule has 0 saturated carbocycles. The molecule has 0 aliphatic rings. The standard InChI is InChI=1S/C8H10N2O4/c1-2-3-5(11)4(6(9)12)8(14)10-7(3)13/h2H2,1H3,(H2,9,12)(H3,10,11,13,14).